The number of nitrogens with zero attached hydrogens (tertiary/aromatic N) is 1. The molecule has 0 fully saturated rings. The number of carbonyl (C=O) groups is 1. The number of hydrogen-bond donors (Lipinski definition) is 0. The van der Waals surface area contributed by atoms with Gasteiger partial charge >= 0.3 is 5.69 Å². The van der Waals surface area contributed by atoms with Crippen molar-refractivity contribution in [2.24, 2.45) is 0 Å². The van der Waals surface area contributed by atoms with Crippen molar-refractivity contribution in [3.63, 3.8) is 0 Å². The van der Waals surface area contributed by atoms with Crippen LogP contribution in [0.1, 0.15) is 17.3 Å². The fourth-order valence-corrected chi connectivity index (χ4v) is 1.12. The first-order valence-electron chi connectivity index (χ1n) is 4.00. The van der Waals surface area contributed by atoms with E-state index in [1.165, 1.54) is 6.92 Å². The molecule has 0 spiro atoms. The van der Waals surface area contributed by atoms with Crippen molar-refractivity contribution in [2.45, 2.75) is 6.92 Å². The molecule has 0 heterocycles. The zero-order valence-corrected chi connectivity index (χ0v) is 8.11. The van der Waals surface area contributed by atoms with Crippen molar-refractivity contribution in [1.82, 2.24) is 0 Å². The Morgan fingerprint density at radius 2 is 2.13 bits per heavy atom. The van der Waals surface area contributed by atoms with Gasteiger partial charge in [-0.15, -0.1) is 0 Å². The smallest absolute Gasteiger partial charge is 0.314 e. The third-order valence-corrected chi connectivity index (χ3v) is 1.83. The highest BCUT2D eigenvalue weighted by molar-refractivity contribution is 5.95. The van der Waals surface area contributed by atoms with Gasteiger partial charge in [0.15, 0.2) is 11.6 Å². The number of hydrogen-bond acceptors (Lipinski definition) is 4. The first-order valence-corrected chi connectivity index (χ1v) is 4.00. The molecule has 0 aliphatic carbocycles. The molecule has 1 aromatic rings. The van der Waals surface area contributed by atoms with Gasteiger partial charge in [0.2, 0.25) is 5.75 Å². The van der Waals surface area contributed by atoms with E-state index in [1.54, 1.807) is 0 Å². The zero-order valence-electron chi connectivity index (χ0n) is 8.11. The van der Waals surface area contributed by atoms with Crippen LogP contribution in [0.3, 0.4) is 0 Å². The number of benzene rings is 1. The van der Waals surface area contributed by atoms with Gasteiger partial charge in [-0.3, -0.25) is 14.9 Å². The molecule has 0 amide bonds. The zero-order chi connectivity index (χ0) is 11.6. The Bertz CT molecular complexity index is 430. The molecule has 0 unspecified atom stereocenters. The molecule has 0 bridgehead atoms. The second-order valence-electron chi connectivity index (χ2n) is 2.82. The van der Waals surface area contributed by atoms with E-state index in [-0.39, 0.29) is 5.56 Å². The minimum atomic E-state index is -0.920. The summed E-state index contributed by atoms with van der Waals surface area (Å²) in [5.74, 6) is -1.83. The molecule has 0 saturated heterocycles. The van der Waals surface area contributed by atoms with Crippen LogP contribution in [0.25, 0.3) is 0 Å². The van der Waals surface area contributed by atoms with Crippen LogP contribution in [0.15, 0.2) is 12.1 Å². The maximum absolute atomic E-state index is 13.2. The van der Waals surface area contributed by atoms with E-state index in [1.807, 2.05) is 0 Å². The molecule has 6 heteroatoms. The highest BCUT2D eigenvalue weighted by Crippen LogP contribution is 2.31. The number of carbonyl (C=O) groups excluding carboxylic acids is 1. The van der Waals surface area contributed by atoms with Crippen LogP contribution in [0.4, 0.5) is 10.1 Å². The van der Waals surface area contributed by atoms with Crippen molar-refractivity contribution >= 4 is 11.5 Å². The minimum absolute atomic E-state index is 0.0556. The average molecular weight is 213 g/mol. The van der Waals surface area contributed by atoms with Crippen molar-refractivity contribution in [2.75, 3.05) is 7.11 Å². The maximum Gasteiger partial charge on any atom is 0.314 e. The van der Waals surface area contributed by atoms with Gasteiger partial charge in [0, 0.05) is 11.6 Å². The summed E-state index contributed by atoms with van der Waals surface area (Å²) in [5.41, 5.74) is -0.609. The molecule has 0 aromatic heterocycles. The first-order chi connectivity index (χ1) is 6.97. The van der Waals surface area contributed by atoms with E-state index in [0.29, 0.717) is 0 Å². The molecule has 0 aliphatic rings. The summed E-state index contributed by atoms with van der Waals surface area (Å²) >= 11 is 0. The topological polar surface area (TPSA) is 69.4 Å². The summed E-state index contributed by atoms with van der Waals surface area (Å²) in [6.45, 7) is 1.20. The number of Topliss-reactive ketones (excluding diaryl/α,β-unsaturated/α-hetero) is 1. The van der Waals surface area contributed by atoms with E-state index in [9.17, 15) is 19.3 Å². The van der Waals surface area contributed by atoms with Crippen molar-refractivity contribution in [1.29, 1.82) is 0 Å². The van der Waals surface area contributed by atoms with Crippen LogP contribution in [-0.2, 0) is 0 Å². The molecule has 80 valence electrons. The van der Waals surface area contributed by atoms with Gasteiger partial charge in [-0.05, 0) is 13.0 Å². The lowest BCUT2D eigenvalue weighted by Crippen LogP contribution is -2.01. The number of rotatable bonds is 3. The second kappa shape index (κ2) is 4.04. The van der Waals surface area contributed by atoms with E-state index in [2.05, 4.69) is 4.74 Å². The molecule has 0 saturated carbocycles. The number of ether oxygens (including phenoxy) is 1. The molecule has 0 radical (unpaired) electrons. The molecule has 1 rings (SSSR count). The van der Waals surface area contributed by atoms with Crippen LogP contribution in [0, 0.1) is 15.9 Å². The Kier molecular flexibility index (Phi) is 2.99. The van der Waals surface area contributed by atoms with E-state index >= 15 is 0 Å². The Labute approximate surface area is 84.6 Å². The van der Waals surface area contributed by atoms with Crippen molar-refractivity contribution in [3.05, 3.63) is 33.6 Å². The number of halogens is 1. The van der Waals surface area contributed by atoms with E-state index in [0.717, 1.165) is 19.2 Å². The highest BCUT2D eigenvalue weighted by Gasteiger charge is 2.21. The summed E-state index contributed by atoms with van der Waals surface area (Å²) in [7, 11) is 1.12. The van der Waals surface area contributed by atoms with Crippen LogP contribution in [0.5, 0.6) is 5.75 Å². The van der Waals surface area contributed by atoms with Gasteiger partial charge in [-0.1, -0.05) is 0 Å². The molecular formula is C9H8FNO4. The van der Waals surface area contributed by atoms with E-state index in [4.69, 9.17) is 0 Å². The predicted molar refractivity (Wildman–Crippen MR) is 49.6 cm³/mol. The lowest BCUT2D eigenvalue weighted by Gasteiger charge is -2.04. The molecule has 15 heavy (non-hydrogen) atoms. The summed E-state index contributed by atoms with van der Waals surface area (Å²) in [6.07, 6.45) is 0. The summed E-state index contributed by atoms with van der Waals surface area (Å²) in [6, 6.07) is 1.90. The van der Waals surface area contributed by atoms with E-state index < -0.39 is 28.0 Å². The molecule has 5 nitrogen and oxygen atoms in total. The Hall–Kier alpha value is -1.98. The number of ketones is 1. The largest absolute Gasteiger partial charge is 0.488 e. The average Bonchev–Trinajstić information content (AvgIpc) is 2.16. The molecule has 0 N–H and O–H groups in total. The Balaban J connectivity index is 3.45. The fourth-order valence-electron chi connectivity index (χ4n) is 1.12. The maximum atomic E-state index is 13.2. The third-order valence-electron chi connectivity index (χ3n) is 1.83. The highest BCUT2D eigenvalue weighted by atomic mass is 19.1. The predicted octanol–water partition coefficient (Wildman–Crippen LogP) is 1.95. The molecular weight excluding hydrogens is 205 g/mol. The summed E-state index contributed by atoms with van der Waals surface area (Å²) in [4.78, 5) is 20.7. The first kappa shape index (κ1) is 11.1. The van der Waals surface area contributed by atoms with Crippen LogP contribution >= 0.6 is 0 Å². The van der Waals surface area contributed by atoms with Gasteiger partial charge in [0.05, 0.1) is 12.0 Å². The van der Waals surface area contributed by atoms with Crippen molar-refractivity contribution < 1.29 is 18.8 Å². The third kappa shape index (κ3) is 2.09. The lowest BCUT2D eigenvalue weighted by atomic mass is 10.1. The normalized spacial score (nSPS) is 9.80. The quantitative estimate of drug-likeness (QED) is 0.437. The standard InChI is InChI=1S/C9H8FNO4/c1-5(12)6-3-7(10)9(15-2)8(4-6)11(13)14/h3-4H,1-2H3. The number of methoxy groups -OCH3 is 1. The van der Waals surface area contributed by atoms with Crippen LogP contribution in [-0.4, -0.2) is 17.8 Å². The van der Waals surface area contributed by atoms with Crippen LogP contribution < -0.4 is 4.74 Å². The number of nitro groups is 1. The Morgan fingerprint density at radius 1 is 1.53 bits per heavy atom. The Morgan fingerprint density at radius 3 is 2.53 bits per heavy atom. The van der Waals surface area contributed by atoms with Gasteiger partial charge < -0.3 is 4.74 Å². The monoisotopic (exact) mass is 213 g/mol. The van der Waals surface area contributed by atoms with Crippen LogP contribution in [0.2, 0.25) is 0 Å². The van der Waals surface area contributed by atoms with Gasteiger partial charge in [-0.25, -0.2) is 4.39 Å². The molecule has 0 atom stereocenters. The SMILES string of the molecule is COc1c(F)cc(C(C)=O)cc1[N+](=O)[O-]. The second-order valence-corrected chi connectivity index (χ2v) is 2.82. The lowest BCUT2D eigenvalue weighted by molar-refractivity contribution is -0.386. The fraction of sp³-hybridized carbons (Fsp3) is 0.222. The molecule has 1 aromatic carbocycles. The van der Waals surface area contributed by atoms with Gasteiger partial charge in [-0.2, -0.15) is 0 Å². The number of nitro benzene ring substituents is 1. The van der Waals surface area contributed by atoms with Crippen molar-refractivity contribution in [3.8, 4) is 5.75 Å². The minimum Gasteiger partial charge on any atom is -0.488 e. The van der Waals surface area contributed by atoms with Gasteiger partial charge in [0.1, 0.15) is 0 Å². The molecule has 0 aliphatic heterocycles. The van der Waals surface area contributed by atoms with Gasteiger partial charge in [0.25, 0.3) is 0 Å². The summed E-state index contributed by atoms with van der Waals surface area (Å²) in [5, 5.41) is 10.6. The summed E-state index contributed by atoms with van der Waals surface area (Å²) < 4.78 is 17.8.